The zero-order valence-corrected chi connectivity index (χ0v) is 12.1. The van der Waals surface area contributed by atoms with Gasteiger partial charge in [0.1, 0.15) is 5.82 Å². The molecule has 7 heteroatoms. The van der Waals surface area contributed by atoms with Gasteiger partial charge in [0.25, 0.3) is 5.69 Å². The average molecular weight is 298 g/mol. The Balaban J connectivity index is 2.72. The lowest BCUT2D eigenvalue weighted by molar-refractivity contribution is -0.385. The van der Waals surface area contributed by atoms with Crippen molar-refractivity contribution in [3.8, 4) is 0 Å². The summed E-state index contributed by atoms with van der Waals surface area (Å²) in [6, 6.07) is 3.42. The first-order chi connectivity index (χ1) is 9.86. The van der Waals surface area contributed by atoms with Gasteiger partial charge in [-0.05, 0) is 18.9 Å². The van der Waals surface area contributed by atoms with E-state index >= 15 is 0 Å². The Morgan fingerprint density at radius 2 is 2.05 bits per heavy atom. The number of benzene rings is 1. The molecule has 1 rings (SSSR count). The number of aliphatic carboxylic acids is 1. The third-order valence-electron chi connectivity index (χ3n) is 3.83. The molecule has 0 saturated carbocycles. The maximum absolute atomic E-state index is 13.7. The molecule has 0 aliphatic heterocycles. The van der Waals surface area contributed by atoms with Crippen LogP contribution < -0.4 is 5.32 Å². The number of nitro benzene ring substituents is 1. The molecule has 0 radical (unpaired) electrons. The van der Waals surface area contributed by atoms with Crippen LogP contribution in [0.15, 0.2) is 18.2 Å². The first-order valence-corrected chi connectivity index (χ1v) is 6.73. The zero-order chi connectivity index (χ0) is 16.0. The number of nitrogens with one attached hydrogen (secondary N) is 1. The Labute approximate surface area is 122 Å². The van der Waals surface area contributed by atoms with E-state index in [2.05, 4.69) is 5.32 Å². The van der Waals surface area contributed by atoms with Crippen molar-refractivity contribution in [3.05, 3.63) is 39.7 Å². The number of rotatable bonds is 8. The van der Waals surface area contributed by atoms with Crippen LogP contribution in [0.3, 0.4) is 0 Å². The van der Waals surface area contributed by atoms with Gasteiger partial charge >= 0.3 is 5.97 Å². The van der Waals surface area contributed by atoms with Gasteiger partial charge in [0.2, 0.25) is 0 Å². The number of halogens is 1. The number of non-ortho nitro benzene ring substituents is 1. The van der Waals surface area contributed by atoms with Crippen molar-refractivity contribution in [3.63, 3.8) is 0 Å². The fourth-order valence-corrected chi connectivity index (χ4v) is 2.11. The van der Waals surface area contributed by atoms with Crippen LogP contribution in [0.2, 0.25) is 0 Å². The van der Waals surface area contributed by atoms with Gasteiger partial charge in [0.15, 0.2) is 0 Å². The number of hydrogen-bond donors (Lipinski definition) is 2. The van der Waals surface area contributed by atoms with E-state index in [0.29, 0.717) is 12.8 Å². The van der Waals surface area contributed by atoms with Gasteiger partial charge in [0, 0.05) is 24.7 Å². The lowest BCUT2D eigenvalue weighted by Gasteiger charge is -2.27. The van der Waals surface area contributed by atoms with Crippen molar-refractivity contribution in [2.75, 3.05) is 6.54 Å². The number of carboxylic acids is 1. The number of nitro groups is 1. The SMILES string of the molecule is CCC(CC)(CNCc1ccc([N+](=O)[O-])cc1F)C(=O)O. The summed E-state index contributed by atoms with van der Waals surface area (Å²) < 4.78 is 13.7. The third kappa shape index (κ3) is 3.98. The maximum atomic E-state index is 13.7. The highest BCUT2D eigenvalue weighted by atomic mass is 19.1. The van der Waals surface area contributed by atoms with Gasteiger partial charge in [-0.1, -0.05) is 13.8 Å². The predicted octanol–water partition coefficient (Wildman–Crippen LogP) is 2.71. The van der Waals surface area contributed by atoms with E-state index in [1.807, 2.05) is 0 Å². The van der Waals surface area contributed by atoms with Gasteiger partial charge in [-0.25, -0.2) is 4.39 Å². The maximum Gasteiger partial charge on any atom is 0.310 e. The summed E-state index contributed by atoms with van der Waals surface area (Å²) in [5.74, 6) is -1.56. The van der Waals surface area contributed by atoms with E-state index in [1.54, 1.807) is 13.8 Å². The van der Waals surface area contributed by atoms with Crippen LogP contribution in [-0.2, 0) is 11.3 Å². The van der Waals surface area contributed by atoms with Crippen LogP contribution >= 0.6 is 0 Å². The molecule has 0 fully saturated rings. The molecule has 0 saturated heterocycles. The molecule has 0 bridgehead atoms. The Morgan fingerprint density at radius 1 is 1.43 bits per heavy atom. The molecule has 0 heterocycles. The molecule has 21 heavy (non-hydrogen) atoms. The van der Waals surface area contributed by atoms with E-state index < -0.39 is 22.1 Å². The molecule has 116 valence electrons. The minimum atomic E-state index is -0.885. The normalized spacial score (nSPS) is 11.4. The lowest BCUT2D eigenvalue weighted by Crippen LogP contribution is -2.40. The summed E-state index contributed by atoms with van der Waals surface area (Å²) in [6.45, 7) is 3.93. The molecular formula is C14H19FN2O4. The van der Waals surface area contributed by atoms with Crippen LogP contribution in [0.5, 0.6) is 0 Å². The topological polar surface area (TPSA) is 92.5 Å². The Hall–Kier alpha value is -2.02. The lowest BCUT2D eigenvalue weighted by atomic mass is 9.82. The molecular weight excluding hydrogens is 279 g/mol. The van der Waals surface area contributed by atoms with E-state index in [4.69, 9.17) is 0 Å². The van der Waals surface area contributed by atoms with Crippen molar-refractivity contribution >= 4 is 11.7 Å². The second-order valence-electron chi connectivity index (χ2n) is 4.93. The van der Waals surface area contributed by atoms with Crippen LogP contribution in [0, 0.1) is 21.3 Å². The van der Waals surface area contributed by atoms with Crippen LogP contribution in [0.1, 0.15) is 32.3 Å². The van der Waals surface area contributed by atoms with E-state index in [-0.39, 0.29) is 24.3 Å². The number of carboxylic acid groups (broad SMARTS) is 1. The number of hydrogen-bond acceptors (Lipinski definition) is 4. The molecule has 0 aromatic heterocycles. The van der Waals surface area contributed by atoms with Crippen molar-refractivity contribution in [1.82, 2.24) is 5.32 Å². The molecule has 0 atom stereocenters. The van der Waals surface area contributed by atoms with E-state index in [0.717, 1.165) is 6.07 Å². The molecule has 6 nitrogen and oxygen atoms in total. The van der Waals surface area contributed by atoms with Crippen molar-refractivity contribution in [2.45, 2.75) is 33.2 Å². The molecule has 0 amide bonds. The Morgan fingerprint density at radius 3 is 2.48 bits per heavy atom. The number of carbonyl (C=O) groups is 1. The zero-order valence-electron chi connectivity index (χ0n) is 12.1. The summed E-state index contributed by atoms with van der Waals surface area (Å²) in [6.07, 6.45) is 0.934. The Kier molecular flexibility index (Phi) is 5.78. The van der Waals surface area contributed by atoms with Gasteiger partial charge in [-0.15, -0.1) is 0 Å². The molecule has 0 aliphatic rings. The monoisotopic (exact) mass is 298 g/mol. The average Bonchev–Trinajstić information content (AvgIpc) is 2.44. The van der Waals surface area contributed by atoms with Crippen molar-refractivity contribution < 1.29 is 19.2 Å². The molecule has 1 aromatic carbocycles. The first-order valence-electron chi connectivity index (χ1n) is 6.73. The van der Waals surface area contributed by atoms with Gasteiger partial charge in [-0.2, -0.15) is 0 Å². The molecule has 0 aliphatic carbocycles. The van der Waals surface area contributed by atoms with Gasteiger partial charge in [0.05, 0.1) is 16.4 Å². The summed E-state index contributed by atoms with van der Waals surface area (Å²) >= 11 is 0. The van der Waals surface area contributed by atoms with E-state index in [9.17, 15) is 24.4 Å². The fourth-order valence-electron chi connectivity index (χ4n) is 2.11. The van der Waals surface area contributed by atoms with Crippen LogP contribution in [-0.4, -0.2) is 22.5 Å². The summed E-state index contributed by atoms with van der Waals surface area (Å²) in [7, 11) is 0. The molecule has 2 N–H and O–H groups in total. The largest absolute Gasteiger partial charge is 0.481 e. The van der Waals surface area contributed by atoms with Gasteiger partial charge < -0.3 is 10.4 Å². The molecule has 1 aromatic rings. The molecule has 0 unspecified atom stereocenters. The highest BCUT2D eigenvalue weighted by molar-refractivity contribution is 5.74. The fraction of sp³-hybridized carbons (Fsp3) is 0.500. The third-order valence-corrected chi connectivity index (χ3v) is 3.83. The summed E-state index contributed by atoms with van der Waals surface area (Å²) in [5, 5.41) is 22.7. The quantitative estimate of drug-likeness (QED) is 0.568. The first kappa shape index (κ1) is 17.0. The van der Waals surface area contributed by atoms with Crippen molar-refractivity contribution in [2.24, 2.45) is 5.41 Å². The Bertz CT molecular complexity index is 530. The minimum Gasteiger partial charge on any atom is -0.481 e. The summed E-state index contributed by atoms with van der Waals surface area (Å²) in [4.78, 5) is 21.2. The molecule has 0 spiro atoms. The second kappa shape index (κ2) is 7.12. The van der Waals surface area contributed by atoms with Crippen LogP contribution in [0.25, 0.3) is 0 Å². The number of nitrogens with zero attached hydrogens (tertiary/aromatic N) is 1. The second-order valence-corrected chi connectivity index (χ2v) is 4.93. The van der Waals surface area contributed by atoms with Crippen LogP contribution in [0.4, 0.5) is 10.1 Å². The van der Waals surface area contributed by atoms with Crippen molar-refractivity contribution in [1.29, 1.82) is 0 Å². The van der Waals surface area contributed by atoms with E-state index in [1.165, 1.54) is 12.1 Å². The summed E-state index contributed by atoms with van der Waals surface area (Å²) in [5.41, 5.74) is -0.914. The standard InChI is InChI=1S/C14H19FN2O4/c1-3-14(4-2,13(18)19)9-16-8-10-5-6-11(17(20)21)7-12(10)15/h5-7,16H,3-4,8-9H2,1-2H3,(H,18,19). The smallest absolute Gasteiger partial charge is 0.310 e. The minimum absolute atomic E-state index is 0.124. The highest BCUT2D eigenvalue weighted by Crippen LogP contribution is 2.26. The predicted molar refractivity (Wildman–Crippen MR) is 75.4 cm³/mol. The highest BCUT2D eigenvalue weighted by Gasteiger charge is 2.34. The van der Waals surface area contributed by atoms with Gasteiger partial charge in [-0.3, -0.25) is 14.9 Å².